The Morgan fingerprint density at radius 2 is 1.97 bits per heavy atom. The molecule has 2 N–H and O–H groups in total. The number of pyridine rings is 1. The lowest BCUT2D eigenvalue weighted by Gasteiger charge is -2.27. The van der Waals surface area contributed by atoms with Crippen LogP contribution < -0.4 is 20.3 Å². The number of anilines is 1. The fourth-order valence-electron chi connectivity index (χ4n) is 3.71. The second-order valence-electron chi connectivity index (χ2n) is 7.89. The number of likely N-dealkylation sites (N-methyl/N-ethyl adjacent to an activating group) is 1. The van der Waals surface area contributed by atoms with Crippen LogP contribution in [0.15, 0.2) is 42.6 Å². The van der Waals surface area contributed by atoms with Crippen LogP contribution in [0.3, 0.4) is 0 Å². The molecule has 0 bridgehead atoms. The number of rotatable bonds is 8. The van der Waals surface area contributed by atoms with E-state index in [4.69, 9.17) is 4.74 Å². The van der Waals surface area contributed by atoms with Crippen LogP contribution in [0.1, 0.15) is 36.4 Å². The van der Waals surface area contributed by atoms with Crippen LogP contribution >= 0.6 is 0 Å². The van der Waals surface area contributed by atoms with Crippen molar-refractivity contribution in [1.29, 1.82) is 0 Å². The molecular formula is C23H33N5O2. The smallest absolute Gasteiger partial charge is 0.315 e. The van der Waals surface area contributed by atoms with Gasteiger partial charge in [0.1, 0.15) is 11.6 Å². The second-order valence-corrected chi connectivity index (χ2v) is 7.89. The highest BCUT2D eigenvalue weighted by Gasteiger charge is 2.16. The van der Waals surface area contributed by atoms with E-state index in [2.05, 4.69) is 25.4 Å². The van der Waals surface area contributed by atoms with Gasteiger partial charge in [-0.25, -0.2) is 9.78 Å². The summed E-state index contributed by atoms with van der Waals surface area (Å²) in [5.74, 6) is 1.83. The van der Waals surface area contributed by atoms with Crippen LogP contribution in [-0.2, 0) is 6.54 Å². The third-order valence-corrected chi connectivity index (χ3v) is 5.50. The molecular weight excluding hydrogens is 378 g/mol. The van der Waals surface area contributed by atoms with Gasteiger partial charge in [0.15, 0.2) is 0 Å². The molecule has 2 amide bonds. The number of piperidine rings is 1. The molecule has 0 radical (unpaired) electrons. The van der Waals surface area contributed by atoms with Gasteiger partial charge >= 0.3 is 6.03 Å². The number of aromatic nitrogens is 1. The number of methoxy groups -OCH3 is 1. The molecule has 2 aromatic rings. The summed E-state index contributed by atoms with van der Waals surface area (Å²) in [6.45, 7) is 3.10. The largest absolute Gasteiger partial charge is 0.497 e. The predicted molar refractivity (Wildman–Crippen MR) is 120 cm³/mol. The Bertz CT molecular complexity index is 803. The molecule has 30 heavy (non-hydrogen) atoms. The average molecular weight is 412 g/mol. The molecule has 162 valence electrons. The van der Waals surface area contributed by atoms with Crippen molar-refractivity contribution in [3.05, 3.63) is 53.7 Å². The second kappa shape index (κ2) is 10.8. The Morgan fingerprint density at radius 1 is 1.17 bits per heavy atom. The molecule has 7 heteroatoms. The summed E-state index contributed by atoms with van der Waals surface area (Å²) in [7, 11) is 5.65. The number of ether oxygens (including phenoxy) is 1. The maximum atomic E-state index is 12.3. The number of hydrogen-bond donors (Lipinski definition) is 2. The van der Waals surface area contributed by atoms with E-state index in [1.54, 1.807) is 7.11 Å². The van der Waals surface area contributed by atoms with Crippen molar-refractivity contribution in [2.75, 3.05) is 45.7 Å². The molecule has 1 atom stereocenters. The van der Waals surface area contributed by atoms with Gasteiger partial charge < -0.3 is 25.2 Å². The van der Waals surface area contributed by atoms with Gasteiger partial charge in [-0.2, -0.15) is 0 Å². The molecule has 1 aromatic carbocycles. The zero-order chi connectivity index (χ0) is 21.3. The van der Waals surface area contributed by atoms with E-state index in [0.29, 0.717) is 13.1 Å². The normalized spacial score (nSPS) is 15.0. The minimum Gasteiger partial charge on any atom is -0.497 e. The molecule has 1 fully saturated rings. The molecule has 1 aliphatic rings. The summed E-state index contributed by atoms with van der Waals surface area (Å²) in [5.41, 5.74) is 2.08. The summed E-state index contributed by atoms with van der Waals surface area (Å²) in [6, 6.07) is 11.9. The average Bonchev–Trinajstić information content (AvgIpc) is 2.78. The molecule has 0 aliphatic carbocycles. The number of nitrogens with zero attached hydrogens (tertiary/aromatic N) is 3. The summed E-state index contributed by atoms with van der Waals surface area (Å²) in [6.07, 6.45) is 5.62. The molecule has 1 unspecified atom stereocenters. The highest BCUT2D eigenvalue weighted by atomic mass is 16.5. The molecule has 2 heterocycles. The van der Waals surface area contributed by atoms with E-state index in [0.717, 1.165) is 35.8 Å². The minimum absolute atomic E-state index is 0.0522. The molecule has 7 nitrogen and oxygen atoms in total. The van der Waals surface area contributed by atoms with Crippen LogP contribution in [-0.4, -0.2) is 56.8 Å². The van der Waals surface area contributed by atoms with E-state index in [9.17, 15) is 4.79 Å². The van der Waals surface area contributed by atoms with Crippen molar-refractivity contribution in [3.63, 3.8) is 0 Å². The number of hydrogen-bond acceptors (Lipinski definition) is 5. The number of carbonyl (C=O) groups is 1. The van der Waals surface area contributed by atoms with Crippen molar-refractivity contribution in [1.82, 2.24) is 20.5 Å². The lowest BCUT2D eigenvalue weighted by atomic mass is 10.1. The monoisotopic (exact) mass is 411 g/mol. The first-order chi connectivity index (χ1) is 14.6. The zero-order valence-electron chi connectivity index (χ0n) is 18.2. The van der Waals surface area contributed by atoms with Crippen molar-refractivity contribution in [3.8, 4) is 5.75 Å². The van der Waals surface area contributed by atoms with Crippen LogP contribution in [0.2, 0.25) is 0 Å². The summed E-state index contributed by atoms with van der Waals surface area (Å²) >= 11 is 0. The Morgan fingerprint density at radius 3 is 2.63 bits per heavy atom. The first kappa shape index (κ1) is 21.9. The van der Waals surface area contributed by atoms with Gasteiger partial charge in [0.05, 0.1) is 13.2 Å². The van der Waals surface area contributed by atoms with E-state index in [1.165, 1.54) is 19.3 Å². The lowest BCUT2D eigenvalue weighted by molar-refractivity contribution is 0.232. The van der Waals surface area contributed by atoms with E-state index < -0.39 is 0 Å². The lowest BCUT2D eigenvalue weighted by Crippen LogP contribution is -2.40. The number of nitrogens with one attached hydrogen (secondary N) is 2. The van der Waals surface area contributed by atoms with Crippen LogP contribution in [0.5, 0.6) is 5.75 Å². The Labute approximate surface area is 179 Å². The van der Waals surface area contributed by atoms with Gasteiger partial charge in [-0.15, -0.1) is 0 Å². The molecule has 0 saturated carbocycles. The predicted octanol–water partition coefficient (Wildman–Crippen LogP) is 3.18. The standard InChI is InChI=1S/C23H33N5O2/c1-27(2)21(19-8-7-9-20(14-19)30-3)17-26-23(29)25-16-18-10-11-22(24-15-18)28-12-5-4-6-13-28/h7-11,14-15,21H,4-6,12-13,16-17H2,1-3H3,(H2,25,26,29). The van der Waals surface area contributed by atoms with Crippen LogP contribution in [0.25, 0.3) is 0 Å². The summed E-state index contributed by atoms with van der Waals surface area (Å²) in [4.78, 5) is 21.3. The van der Waals surface area contributed by atoms with Gasteiger partial charge in [-0.1, -0.05) is 18.2 Å². The van der Waals surface area contributed by atoms with Crippen molar-refractivity contribution < 1.29 is 9.53 Å². The topological polar surface area (TPSA) is 69.7 Å². The Kier molecular flexibility index (Phi) is 7.90. The summed E-state index contributed by atoms with van der Waals surface area (Å²) < 4.78 is 5.32. The van der Waals surface area contributed by atoms with Crippen molar-refractivity contribution in [2.45, 2.75) is 31.8 Å². The van der Waals surface area contributed by atoms with Gasteiger partial charge in [0, 0.05) is 32.4 Å². The molecule has 3 rings (SSSR count). The first-order valence-electron chi connectivity index (χ1n) is 10.6. The molecule has 0 spiro atoms. The highest BCUT2D eigenvalue weighted by Crippen LogP contribution is 2.22. The quantitative estimate of drug-likeness (QED) is 0.698. The fraction of sp³-hybridized carbons (Fsp3) is 0.478. The minimum atomic E-state index is -0.190. The number of urea groups is 1. The molecule has 1 aliphatic heterocycles. The maximum absolute atomic E-state index is 12.3. The van der Waals surface area contributed by atoms with Gasteiger partial charge in [0.25, 0.3) is 0 Å². The summed E-state index contributed by atoms with van der Waals surface area (Å²) in [5, 5.41) is 5.89. The molecule has 1 saturated heterocycles. The third-order valence-electron chi connectivity index (χ3n) is 5.50. The molecule has 1 aromatic heterocycles. The van der Waals surface area contributed by atoms with Gasteiger partial charge in [0.2, 0.25) is 0 Å². The highest BCUT2D eigenvalue weighted by molar-refractivity contribution is 5.73. The van der Waals surface area contributed by atoms with E-state index >= 15 is 0 Å². The van der Waals surface area contributed by atoms with Crippen molar-refractivity contribution >= 4 is 11.8 Å². The van der Waals surface area contributed by atoms with Crippen molar-refractivity contribution in [2.24, 2.45) is 0 Å². The third kappa shape index (κ3) is 6.10. The first-order valence-corrected chi connectivity index (χ1v) is 10.6. The van der Waals surface area contributed by atoms with E-state index in [1.807, 2.05) is 56.7 Å². The maximum Gasteiger partial charge on any atom is 0.315 e. The van der Waals surface area contributed by atoms with Crippen LogP contribution in [0, 0.1) is 0 Å². The van der Waals surface area contributed by atoms with E-state index in [-0.39, 0.29) is 12.1 Å². The van der Waals surface area contributed by atoms with Gasteiger partial charge in [-0.05, 0) is 62.7 Å². The zero-order valence-corrected chi connectivity index (χ0v) is 18.2. The number of amides is 2. The Balaban J connectivity index is 1.48. The number of carbonyl (C=O) groups excluding carboxylic acids is 1. The number of benzene rings is 1. The van der Waals surface area contributed by atoms with Gasteiger partial charge in [-0.3, -0.25) is 0 Å². The SMILES string of the molecule is COc1cccc(C(CNC(=O)NCc2ccc(N3CCCCC3)nc2)N(C)C)c1. The Hall–Kier alpha value is -2.80. The van der Waals surface area contributed by atoms with Crippen LogP contribution in [0.4, 0.5) is 10.6 Å². The fourth-order valence-corrected chi connectivity index (χ4v) is 3.71.